The monoisotopic (exact) mass is 276 g/mol. The number of rotatable bonds is 4. The maximum atomic E-state index is 10.00. The molecule has 3 nitrogen and oxygen atoms in total. The molecule has 0 aromatic heterocycles. The second-order valence-electron chi connectivity index (χ2n) is 6.12. The van der Waals surface area contributed by atoms with Gasteiger partial charge in [-0.2, -0.15) is 0 Å². The molecule has 1 aliphatic rings. The van der Waals surface area contributed by atoms with E-state index >= 15 is 0 Å². The Labute approximate surface area is 123 Å². The van der Waals surface area contributed by atoms with E-state index in [1.165, 1.54) is 12.0 Å². The van der Waals surface area contributed by atoms with Crippen molar-refractivity contribution in [3.8, 4) is 5.75 Å². The Kier molecular flexibility index (Phi) is 5.06. The SMILES string of the molecule is CCC(C)[C@@H](c1cc(C)c(O)c(C)c1)N1CCNCC1. The van der Waals surface area contributed by atoms with E-state index < -0.39 is 0 Å². The summed E-state index contributed by atoms with van der Waals surface area (Å²) in [4.78, 5) is 2.59. The predicted octanol–water partition coefficient (Wildman–Crippen LogP) is 3.00. The number of aryl methyl sites for hydroxylation is 2. The van der Waals surface area contributed by atoms with Crippen LogP contribution in [0, 0.1) is 19.8 Å². The van der Waals surface area contributed by atoms with E-state index in [1.807, 2.05) is 13.8 Å². The lowest BCUT2D eigenvalue weighted by Crippen LogP contribution is -2.46. The molecule has 0 bridgehead atoms. The number of benzene rings is 1. The number of nitrogens with one attached hydrogen (secondary N) is 1. The summed E-state index contributed by atoms with van der Waals surface area (Å²) in [6.45, 7) is 13.0. The quantitative estimate of drug-likeness (QED) is 0.887. The van der Waals surface area contributed by atoms with Crippen LogP contribution >= 0.6 is 0 Å². The van der Waals surface area contributed by atoms with Crippen molar-refractivity contribution < 1.29 is 5.11 Å². The van der Waals surface area contributed by atoms with E-state index in [-0.39, 0.29) is 0 Å². The Morgan fingerprint density at radius 1 is 1.20 bits per heavy atom. The number of phenolic OH excluding ortho intramolecular Hbond substituents is 1. The zero-order valence-corrected chi connectivity index (χ0v) is 13.2. The van der Waals surface area contributed by atoms with Crippen LogP contribution in [0.15, 0.2) is 12.1 Å². The minimum absolute atomic E-state index is 0.442. The molecule has 1 saturated heterocycles. The topological polar surface area (TPSA) is 35.5 Å². The number of hydrogen-bond acceptors (Lipinski definition) is 3. The number of piperazine rings is 1. The summed E-state index contributed by atoms with van der Waals surface area (Å²) >= 11 is 0. The summed E-state index contributed by atoms with van der Waals surface area (Å²) in [5.74, 6) is 1.06. The number of hydrogen-bond donors (Lipinski definition) is 2. The van der Waals surface area contributed by atoms with Gasteiger partial charge in [-0.25, -0.2) is 0 Å². The van der Waals surface area contributed by atoms with Crippen molar-refractivity contribution in [1.29, 1.82) is 0 Å². The fraction of sp³-hybridized carbons (Fsp3) is 0.647. The largest absolute Gasteiger partial charge is 0.507 e. The molecule has 0 spiro atoms. The van der Waals surface area contributed by atoms with Gasteiger partial charge in [0.05, 0.1) is 0 Å². The van der Waals surface area contributed by atoms with Crippen molar-refractivity contribution in [3.63, 3.8) is 0 Å². The molecular weight excluding hydrogens is 248 g/mol. The molecule has 2 rings (SSSR count). The fourth-order valence-electron chi connectivity index (χ4n) is 3.24. The Bertz CT molecular complexity index is 429. The van der Waals surface area contributed by atoms with Gasteiger partial charge in [0.15, 0.2) is 0 Å². The molecule has 2 N–H and O–H groups in total. The molecule has 0 amide bonds. The molecule has 1 aromatic rings. The standard InChI is InChI=1S/C17H28N2O/c1-5-12(2)16(19-8-6-18-7-9-19)15-10-13(3)17(20)14(4)11-15/h10-12,16,18,20H,5-9H2,1-4H3/t12?,16-/m0/s1. The second-order valence-corrected chi connectivity index (χ2v) is 6.12. The van der Waals surface area contributed by atoms with E-state index in [1.54, 1.807) is 0 Å². The lowest BCUT2D eigenvalue weighted by Gasteiger charge is -2.38. The molecule has 1 aliphatic heterocycles. The van der Waals surface area contributed by atoms with Crippen LogP contribution in [-0.4, -0.2) is 36.2 Å². The van der Waals surface area contributed by atoms with E-state index in [0.717, 1.165) is 37.3 Å². The number of aromatic hydroxyl groups is 1. The summed E-state index contributed by atoms with van der Waals surface area (Å²) in [5, 5.41) is 13.4. The van der Waals surface area contributed by atoms with Crippen molar-refractivity contribution >= 4 is 0 Å². The summed E-state index contributed by atoms with van der Waals surface area (Å²) in [7, 11) is 0. The Morgan fingerprint density at radius 3 is 2.25 bits per heavy atom. The summed E-state index contributed by atoms with van der Waals surface area (Å²) < 4.78 is 0. The van der Waals surface area contributed by atoms with Gasteiger partial charge in [-0.1, -0.05) is 32.4 Å². The zero-order valence-electron chi connectivity index (χ0n) is 13.2. The first-order chi connectivity index (χ1) is 9.54. The molecule has 1 unspecified atom stereocenters. The van der Waals surface area contributed by atoms with Gasteiger partial charge >= 0.3 is 0 Å². The molecule has 20 heavy (non-hydrogen) atoms. The maximum Gasteiger partial charge on any atom is 0.121 e. The molecule has 112 valence electrons. The van der Waals surface area contributed by atoms with Gasteiger partial charge in [0, 0.05) is 32.2 Å². The first-order valence-electron chi connectivity index (χ1n) is 7.79. The molecule has 0 aliphatic carbocycles. The van der Waals surface area contributed by atoms with Gasteiger partial charge in [-0.15, -0.1) is 0 Å². The molecule has 1 heterocycles. The van der Waals surface area contributed by atoms with Crippen LogP contribution in [0.3, 0.4) is 0 Å². The summed E-state index contributed by atoms with van der Waals surface area (Å²) in [6.07, 6.45) is 1.17. The third-order valence-corrected chi connectivity index (χ3v) is 4.58. The van der Waals surface area contributed by atoms with Gasteiger partial charge in [-0.05, 0) is 36.5 Å². The van der Waals surface area contributed by atoms with Gasteiger partial charge in [0.1, 0.15) is 5.75 Å². The lowest BCUT2D eigenvalue weighted by atomic mass is 9.88. The summed E-state index contributed by atoms with van der Waals surface area (Å²) in [6, 6.07) is 4.79. The lowest BCUT2D eigenvalue weighted by molar-refractivity contribution is 0.128. The van der Waals surface area contributed by atoms with Crippen molar-refractivity contribution in [2.24, 2.45) is 5.92 Å². The first kappa shape index (κ1) is 15.3. The van der Waals surface area contributed by atoms with E-state index in [2.05, 4.69) is 36.2 Å². The smallest absolute Gasteiger partial charge is 0.121 e. The summed E-state index contributed by atoms with van der Waals surface area (Å²) in [5.41, 5.74) is 3.33. The average Bonchev–Trinajstić information content (AvgIpc) is 2.46. The van der Waals surface area contributed by atoms with Crippen LogP contribution in [0.5, 0.6) is 5.75 Å². The first-order valence-corrected chi connectivity index (χ1v) is 7.79. The Morgan fingerprint density at radius 2 is 1.75 bits per heavy atom. The average molecular weight is 276 g/mol. The molecule has 0 saturated carbocycles. The molecule has 2 atom stereocenters. The van der Waals surface area contributed by atoms with E-state index in [4.69, 9.17) is 0 Å². The van der Waals surface area contributed by atoms with Crippen LogP contribution in [0.25, 0.3) is 0 Å². The minimum Gasteiger partial charge on any atom is -0.507 e. The van der Waals surface area contributed by atoms with Crippen molar-refractivity contribution in [2.45, 2.75) is 40.2 Å². The molecule has 0 radical (unpaired) electrons. The van der Waals surface area contributed by atoms with Crippen molar-refractivity contribution in [3.05, 3.63) is 28.8 Å². The van der Waals surface area contributed by atoms with Crippen LogP contribution in [-0.2, 0) is 0 Å². The van der Waals surface area contributed by atoms with E-state index in [0.29, 0.717) is 17.7 Å². The van der Waals surface area contributed by atoms with Gasteiger partial charge in [0.25, 0.3) is 0 Å². The van der Waals surface area contributed by atoms with Gasteiger partial charge in [0.2, 0.25) is 0 Å². The highest BCUT2D eigenvalue weighted by Crippen LogP contribution is 2.34. The van der Waals surface area contributed by atoms with Crippen LogP contribution in [0.2, 0.25) is 0 Å². The fourth-order valence-corrected chi connectivity index (χ4v) is 3.24. The predicted molar refractivity (Wildman–Crippen MR) is 84.2 cm³/mol. The third kappa shape index (κ3) is 3.15. The Balaban J connectivity index is 2.35. The second kappa shape index (κ2) is 6.59. The Hall–Kier alpha value is -1.06. The molecule has 3 heteroatoms. The third-order valence-electron chi connectivity index (χ3n) is 4.58. The molecular formula is C17H28N2O. The number of nitrogens with zero attached hydrogens (tertiary/aromatic N) is 1. The molecule has 1 aromatic carbocycles. The number of phenols is 1. The maximum absolute atomic E-state index is 10.00. The van der Waals surface area contributed by atoms with Crippen LogP contribution < -0.4 is 5.32 Å². The van der Waals surface area contributed by atoms with E-state index in [9.17, 15) is 5.11 Å². The highest BCUT2D eigenvalue weighted by Gasteiger charge is 2.27. The van der Waals surface area contributed by atoms with Crippen LogP contribution in [0.4, 0.5) is 0 Å². The van der Waals surface area contributed by atoms with Crippen molar-refractivity contribution in [1.82, 2.24) is 10.2 Å². The minimum atomic E-state index is 0.442. The highest BCUT2D eigenvalue weighted by molar-refractivity contribution is 5.43. The van der Waals surface area contributed by atoms with Crippen molar-refractivity contribution in [2.75, 3.05) is 26.2 Å². The normalized spacial score (nSPS) is 19.8. The molecule has 1 fully saturated rings. The van der Waals surface area contributed by atoms with Crippen LogP contribution in [0.1, 0.15) is 43.0 Å². The van der Waals surface area contributed by atoms with Gasteiger partial charge < -0.3 is 10.4 Å². The van der Waals surface area contributed by atoms with Gasteiger partial charge in [-0.3, -0.25) is 4.90 Å². The zero-order chi connectivity index (χ0) is 14.7. The highest BCUT2D eigenvalue weighted by atomic mass is 16.3.